The van der Waals surface area contributed by atoms with E-state index in [4.69, 9.17) is 4.42 Å². The van der Waals surface area contributed by atoms with Gasteiger partial charge in [0.05, 0.1) is 6.04 Å². The number of aromatic nitrogens is 1. The van der Waals surface area contributed by atoms with Crippen molar-refractivity contribution in [3.05, 3.63) is 46.2 Å². The molecule has 5 nitrogen and oxygen atoms in total. The Balaban J connectivity index is 1.95. The lowest BCUT2D eigenvalue weighted by Crippen LogP contribution is -2.41. The number of thioether (sulfide) groups is 1. The fraction of sp³-hybridized carbons (Fsp3) is 0.444. The van der Waals surface area contributed by atoms with Crippen LogP contribution in [0, 0.1) is 20.8 Å². The number of aromatic amines is 1. The maximum absolute atomic E-state index is 13.1. The van der Waals surface area contributed by atoms with Crippen LogP contribution in [0.3, 0.4) is 0 Å². The first kappa shape index (κ1) is 16.9. The maximum atomic E-state index is 13.1. The van der Waals surface area contributed by atoms with E-state index in [1.54, 1.807) is 0 Å². The van der Waals surface area contributed by atoms with Gasteiger partial charge in [0.1, 0.15) is 17.2 Å². The predicted octanol–water partition coefficient (Wildman–Crippen LogP) is 3.67. The molecular weight excluding hydrogens is 324 g/mol. The van der Waals surface area contributed by atoms with Crippen molar-refractivity contribution in [2.75, 3.05) is 18.1 Å². The van der Waals surface area contributed by atoms with E-state index in [0.717, 1.165) is 34.3 Å². The Kier molecular flexibility index (Phi) is 4.58. The van der Waals surface area contributed by atoms with E-state index >= 15 is 0 Å². The molecular formula is C18H22N2O3S. The number of carbonyl (C=O) groups excluding carboxylic acids is 2. The fourth-order valence-electron chi connectivity index (χ4n) is 3.35. The second kappa shape index (κ2) is 6.51. The molecule has 0 aliphatic carbocycles. The zero-order chi connectivity index (χ0) is 17.4. The van der Waals surface area contributed by atoms with Crippen LogP contribution in [0.2, 0.25) is 0 Å². The van der Waals surface area contributed by atoms with Crippen LogP contribution < -0.4 is 0 Å². The molecule has 0 saturated carbocycles. The quantitative estimate of drug-likeness (QED) is 0.861. The first-order chi connectivity index (χ1) is 11.4. The third kappa shape index (κ3) is 2.90. The van der Waals surface area contributed by atoms with Gasteiger partial charge in [-0.25, -0.2) is 0 Å². The van der Waals surface area contributed by atoms with E-state index in [2.05, 4.69) is 4.98 Å². The number of amides is 1. The number of hydrogen-bond acceptors (Lipinski definition) is 4. The Morgan fingerprint density at radius 1 is 1.29 bits per heavy atom. The van der Waals surface area contributed by atoms with E-state index in [9.17, 15) is 9.59 Å². The second-order valence-electron chi connectivity index (χ2n) is 6.22. The number of nitrogens with one attached hydrogen (secondary N) is 1. The molecule has 3 rings (SSSR count). The second-order valence-corrected chi connectivity index (χ2v) is 7.37. The molecule has 1 atom stereocenters. The van der Waals surface area contributed by atoms with Crippen molar-refractivity contribution in [1.29, 1.82) is 0 Å². The van der Waals surface area contributed by atoms with Crippen LogP contribution >= 0.6 is 11.8 Å². The van der Waals surface area contributed by atoms with E-state index < -0.39 is 0 Å². The van der Waals surface area contributed by atoms with Gasteiger partial charge in [0, 0.05) is 29.3 Å². The molecule has 1 N–H and O–H groups in total. The van der Waals surface area contributed by atoms with Crippen LogP contribution in [0.5, 0.6) is 0 Å². The van der Waals surface area contributed by atoms with Crippen molar-refractivity contribution in [1.82, 2.24) is 9.88 Å². The minimum absolute atomic E-state index is 0.0206. The Bertz CT molecular complexity index is 790. The summed E-state index contributed by atoms with van der Waals surface area (Å²) in [5.41, 5.74) is 2.62. The first-order valence-electron chi connectivity index (χ1n) is 8.05. The van der Waals surface area contributed by atoms with Gasteiger partial charge in [0.2, 0.25) is 0 Å². The normalized spacial score (nSPS) is 18.0. The molecule has 2 aromatic heterocycles. The first-order valence-corrected chi connectivity index (χ1v) is 9.20. The smallest absolute Gasteiger partial charge is 0.271 e. The van der Waals surface area contributed by atoms with Crippen molar-refractivity contribution in [2.45, 2.75) is 33.7 Å². The van der Waals surface area contributed by atoms with E-state index in [-0.39, 0.29) is 17.7 Å². The average molecular weight is 346 g/mol. The molecule has 1 amide bonds. The molecule has 2 aromatic rings. The minimum Gasteiger partial charge on any atom is -0.464 e. The van der Waals surface area contributed by atoms with Gasteiger partial charge in [-0.05, 0) is 45.4 Å². The summed E-state index contributed by atoms with van der Waals surface area (Å²) >= 11 is 1.82. The number of nitrogens with zero attached hydrogens (tertiary/aromatic N) is 1. The van der Waals surface area contributed by atoms with Crippen LogP contribution in [0.25, 0.3) is 0 Å². The summed E-state index contributed by atoms with van der Waals surface area (Å²) in [5.74, 6) is 3.30. The molecule has 6 heteroatoms. The highest BCUT2D eigenvalue weighted by atomic mass is 32.2. The standard InChI is InChI=1S/C18H22N2O3S/c1-10-5-6-15(23-10)14-9-24-8-7-20(14)18(22)17-11(2)16(13(4)21)12(3)19-17/h5-6,14,19H,7-9H2,1-4H3/t14-/m0/s1. The van der Waals surface area contributed by atoms with E-state index in [1.807, 2.05) is 49.6 Å². The molecule has 1 aliphatic heterocycles. The Morgan fingerprint density at radius 2 is 2.04 bits per heavy atom. The third-order valence-corrected chi connectivity index (χ3v) is 5.51. The van der Waals surface area contributed by atoms with Crippen LogP contribution in [-0.4, -0.2) is 39.6 Å². The van der Waals surface area contributed by atoms with Crippen LogP contribution in [0.15, 0.2) is 16.5 Å². The molecule has 24 heavy (non-hydrogen) atoms. The highest BCUT2D eigenvalue weighted by Crippen LogP contribution is 2.32. The highest BCUT2D eigenvalue weighted by Gasteiger charge is 2.33. The zero-order valence-corrected chi connectivity index (χ0v) is 15.3. The highest BCUT2D eigenvalue weighted by molar-refractivity contribution is 7.99. The van der Waals surface area contributed by atoms with E-state index in [0.29, 0.717) is 17.8 Å². The summed E-state index contributed by atoms with van der Waals surface area (Å²) in [7, 11) is 0. The molecule has 0 bridgehead atoms. The van der Waals surface area contributed by atoms with E-state index in [1.165, 1.54) is 6.92 Å². The lowest BCUT2D eigenvalue weighted by atomic mass is 10.1. The molecule has 0 unspecified atom stereocenters. The maximum Gasteiger partial charge on any atom is 0.271 e. The van der Waals surface area contributed by atoms with Crippen molar-refractivity contribution in [3.63, 3.8) is 0 Å². The monoisotopic (exact) mass is 346 g/mol. The lowest BCUT2D eigenvalue weighted by Gasteiger charge is -2.34. The van der Waals surface area contributed by atoms with Crippen molar-refractivity contribution >= 4 is 23.5 Å². The largest absolute Gasteiger partial charge is 0.464 e. The summed E-state index contributed by atoms with van der Waals surface area (Å²) in [6.07, 6.45) is 0. The minimum atomic E-state index is -0.0752. The Hall–Kier alpha value is -1.95. The van der Waals surface area contributed by atoms with Gasteiger partial charge in [0.25, 0.3) is 5.91 Å². The number of aryl methyl sites for hydroxylation is 2. The number of H-pyrrole nitrogens is 1. The zero-order valence-electron chi connectivity index (χ0n) is 14.4. The van der Waals surface area contributed by atoms with Crippen LogP contribution in [0.4, 0.5) is 0 Å². The number of Topliss-reactive ketones (excluding diaryl/α,β-unsaturated/α-hetero) is 1. The molecule has 128 valence electrons. The Morgan fingerprint density at radius 3 is 2.62 bits per heavy atom. The third-order valence-electron chi connectivity index (χ3n) is 4.48. The number of carbonyl (C=O) groups is 2. The molecule has 0 aromatic carbocycles. The topological polar surface area (TPSA) is 66.3 Å². The fourth-order valence-corrected chi connectivity index (χ4v) is 4.41. The molecule has 0 radical (unpaired) electrons. The van der Waals surface area contributed by atoms with Gasteiger partial charge in [0.15, 0.2) is 5.78 Å². The SMILES string of the molecule is CC(=O)c1c(C)[nH]c(C(=O)N2CCSC[C@H]2c2ccc(C)o2)c1C. The summed E-state index contributed by atoms with van der Waals surface area (Å²) in [6, 6.07) is 3.79. The molecule has 1 aliphatic rings. The number of rotatable bonds is 3. The average Bonchev–Trinajstić information content (AvgIpc) is 3.10. The van der Waals surface area contributed by atoms with Gasteiger partial charge in [-0.3, -0.25) is 9.59 Å². The van der Waals surface area contributed by atoms with Gasteiger partial charge in [-0.2, -0.15) is 11.8 Å². The summed E-state index contributed by atoms with van der Waals surface area (Å²) in [5, 5.41) is 0. The van der Waals surface area contributed by atoms with Gasteiger partial charge in [-0.1, -0.05) is 0 Å². The predicted molar refractivity (Wildman–Crippen MR) is 94.8 cm³/mol. The summed E-state index contributed by atoms with van der Waals surface area (Å²) in [6.45, 7) is 7.77. The Labute approximate surface area is 145 Å². The van der Waals surface area contributed by atoms with Crippen molar-refractivity contribution in [2.24, 2.45) is 0 Å². The van der Waals surface area contributed by atoms with Gasteiger partial charge >= 0.3 is 0 Å². The summed E-state index contributed by atoms with van der Waals surface area (Å²) < 4.78 is 5.77. The van der Waals surface area contributed by atoms with Gasteiger partial charge < -0.3 is 14.3 Å². The molecule has 1 fully saturated rings. The molecule has 3 heterocycles. The number of hydrogen-bond donors (Lipinski definition) is 1. The lowest BCUT2D eigenvalue weighted by molar-refractivity contribution is 0.0675. The van der Waals surface area contributed by atoms with Crippen molar-refractivity contribution < 1.29 is 14.0 Å². The number of furan rings is 1. The van der Waals surface area contributed by atoms with Crippen molar-refractivity contribution in [3.8, 4) is 0 Å². The number of ketones is 1. The summed E-state index contributed by atoms with van der Waals surface area (Å²) in [4.78, 5) is 29.9. The van der Waals surface area contributed by atoms with Gasteiger partial charge in [-0.15, -0.1) is 0 Å². The van der Waals surface area contributed by atoms with Crippen LogP contribution in [0.1, 0.15) is 56.6 Å². The molecule has 1 saturated heterocycles. The van der Waals surface area contributed by atoms with Crippen LogP contribution in [-0.2, 0) is 0 Å². The molecule has 0 spiro atoms.